The first-order valence-electron chi connectivity index (χ1n) is 4.85. The van der Waals surface area contributed by atoms with Crippen LogP contribution < -0.4 is 5.32 Å². The van der Waals surface area contributed by atoms with E-state index in [1.54, 1.807) is 12.5 Å². The standard InChI is InChI=1S/C10H12IN5/c1-7-8(5-16(2)15-7)3-13-10-9(11)4-12-6-14-10/h4-6H,3H2,1-2H3,(H,12,13,14). The fraction of sp³-hybridized carbons (Fsp3) is 0.300. The van der Waals surface area contributed by atoms with Gasteiger partial charge in [0.25, 0.3) is 0 Å². The molecular weight excluding hydrogens is 317 g/mol. The summed E-state index contributed by atoms with van der Waals surface area (Å²) in [6.45, 7) is 2.73. The average Bonchev–Trinajstić information content (AvgIpc) is 2.56. The zero-order valence-electron chi connectivity index (χ0n) is 9.11. The molecule has 0 unspecified atom stereocenters. The van der Waals surface area contributed by atoms with Crippen LogP contribution in [0.25, 0.3) is 0 Å². The second-order valence-corrected chi connectivity index (χ2v) is 4.65. The van der Waals surface area contributed by atoms with Gasteiger partial charge in [-0.3, -0.25) is 4.68 Å². The normalized spacial score (nSPS) is 10.4. The van der Waals surface area contributed by atoms with E-state index < -0.39 is 0 Å². The maximum absolute atomic E-state index is 4.29. The summed E-state index contributed by atoms with van der Waals surface area (Å²) in [6.07, 6.45) is 5.34. The van der Waals surface area contributed by atoms with Gasteiger partial charge in [-0.2, -0.15) is 5.10 Å². The molecule has 0 spiro atoms. The first-order valence-corrected chi connectivity index (χ1v) is 5.93. The molecule has 0 saturated heterocycles. The number of rotatable bonds is 3. The second kappa shape index (κ2) is 4.77. The van der Waals surface area contributed by atoms with E-state index in [-0.39, 0.29) is 0 Å². The van der Waals surface area contributed by atoms with Crippen molar-refractivity contribution < 1.29 is 0 Å². The minimum atomic E-state index is 0.729. The van der Waals surface area contributed by atoms with Crippen LogP contribution >= 0.6 is 22.6 Å². The lowest BCUT2D eigenvalue weighted by atomic mass is 10.2. The Morgan fingerprint density at radius 3 is 2.94 bits per heavy atom. The third-order valence-corrected chi connectivity index (χ3v) is 3.02. The Hall–Kier alpha value is -1.18. The van der Waals surface area contributed by atoms with E-state index in [0.29, 0.717) is 0 Å². The molecule has 0 fully saturated rings. The molecule has 2 aromatic heterocycles. The summed E-state index contributed by atoms with van der Waals surface area (Å²) in [5.74, 6) is 0.860. The van der Waals surface area contributed by atoms with Crippen LogP contribution in [0.15, 0.2) is 18.7 Å². The van der Waals surface area contributed by atoms with Gasteiger partial charge < -0.3 is 5.32 Å². The molecular formula is C10H12IN5. The van der Waals surface area contributed by atoms with Gasteiger partial charge in [0.15, 0.2) is 0 Å². The Bertz CT molecular complexity index is 494. The molecule has 84 valence electrons. The Morgan fingerprint density at radius 2 is 2.31 bits per heavy atom. The van der Waals surface area contributed by atoms with Crippen molar-refractivity contribution in [2.24, 2.45) is 7.05 Å². The number of nitrogens with one attached hydrogen (secondary N) is 1. The van der Waals surface area contributed by atoms with Crippen LogP contribution in [0.2, 0.25) is 0 Å². The summed E-state index contributed by atoms with van der Waals surface area (Å²) < 4.78 is 2.83. The van der Waals surface area contributed by atoms with E-state index in [9.17, 15) is 0 Å². The summed E-state index contributed by atoms with van der Waals surface area (Å²) in [6, 6.07) is 0. The largest absolute Gasteiger partial charge is 0.365 e. The lowest BCUT2D eigenvalue weighted by Crippen LogP contribution is -2.03. The number of hydrogen-bond donors (Lipinski definition) is 1. The minimum Gasteiger partial charge on any atom is -0.365 e. The van der Waals surface area contributed by atoms with Crippen molar-refractivity contribution in [1.29, 1.82) is 0 Å². The Morgan fingerprint density at radius 1 is 1.50 bits per heavy atom. The van der Waals surface area contributed by atoms with E-state index in [2.05, 4.69) is 43.0 Å². The smallest absolute Gasteiger partial charge is 0.143 e. The first-order chi connectivity index (χ1) is 7.66. The molecule has 16 heavy (non-hydrogen) atoms. The van der Waals surface area contributed by atoms with Crippen molar-refractivity contribution in [3.05, 3.63) is 33.5 Å². The second-order valence-electron chi connectivity index (χ2n) is 3.49. The van der Waals surface area contributed by atoms with E-state index in [0.717, 1.165) is 21.6 Å². The third kappa shape index (κ3) is 2.49. The molecule has 2 rings (SSSR count). The number of halogens is 1. The van der Waals surface area contributed by atoms with Gasteiger partial charge in [0.1, 0.15) is 12.1 Å². The number of hydrogen-bond acceptors (Lipinski definition) is 4. The van der Waals surface area contributed by atoms with E-state index in [4.69, 9.17) is 0 Å². The summed E-state index contributed by atoms with van der Waals surface area (Å²) in [5.41, 5.74) is 2.22. The van der Waals surface area contributed by atoms with E-state index >= 15 is 0 Å². The molecule has 0 radical (unpaired) electrons. The van der Waals surface area contributed by atoms with Crippen LogP contribution in [0, 0.1) is 10.5 Å². The van der Waals surface area contributed by atoms with Crippen molar-refractivity contribution >= 4 is 28.4 Å². The van der Waals surface area contributed by atoms with E-state index in [1.807, 2.05) is 24.9 Å². The van der Waals surface area contributed by atoms with E-state index in [1.165, 1.54) is 5.56 Å². The van der Waals surface area contributed by atoms with Crippen molar-refractivity contribution in [2.75, 3.05) is 5.32 Å². The minimum absolute atomic E-state index is 0.729. The van der Waals surface area contributed by atoms with Gasteiger partial charge in [-0.05, 0) is 29.5 Å². The zero-order valence-corrected chi connectivity index (χ0v) is 11.3. The molecule has 0 atom stereocenters. The Kier molecular flexibility index (Phi) is 3.37. The Labute approximate surface area is 107 Å². The molecule has 2 heterocycles. The van der Waals surface area contributed by atoms with Gasteiger partial charge in [0.05, 0.1) is 9.26 Å². The molecule has 0 aliphatic carbocycles. The monoisotopic (exact) mass is 329 g/mol. The third-order valence-electron chi connectivity index (χ3n) is 2.23. The number of aromatic nitrogens is 4. The molecule has 1 N–H and O–H groups in total. The molecule has 0 aliphatic heterocycles. The van der Waals surface area contributed by atoms with Gasteiger partial charge in [-0.1, -0.05) is 0 Å². The van der Waals surface area contributed by atoms with Gasteiger partial charge >= 0.3 is 0 Å². The van der Waals surface area contributed by atoms with Crippen LogP contribution in [0.1, 0.15) is 11.3 Å². The summed E-state index contributed by atoms with van der Waals surface area (Å²) in [5, 5.41) is 7.56. The quantitative estimate of drug-likeness (QED) is 0.872. The summed E-state index contributed by atoms with van der Waals surface area (Å²) >= 11 is 2.21. The van der Waals surface area contributed by atoms with Crippen LogP contribution in [0.3, 0.4) is 0 Å². The highest BCUT2D eigenvalue weighted by atomic mass is 127. The topological polar surface area (TPSA) is 55.6 Å². The molecule has 6 heteroatoms. The number of anilines is 1. The van der Waals surface area contributed by atoms with Crippen molar-refractivity contribution in [3.8, 4) is 0 Å². The van der Waals surface area contributed by atoms with Crippen LogP contribution in [-0.4, -0.2) is 19.7 Å². The van der Waals surface area contributed by atoms with Gasteiger partial charge in [0.2, 0.25) is 0 Å². The molecule has 5 nitrogen and oxygen atoms in total. The average molecular weight is 329 g/mol. The SMILES string of the molecule is Cc1nn(C)cc1CNc1ncncc1I. The molecule has 0 aliphatic rings. The Balaban J connectivity index is 2.08. The molecule has 0 bridgehead atoms. The molecule has 0 saturated carbocycles. The highest BCUT2D eigenvalue weighted by molar-refractivity contribution is 14.1. The summed E-state index contributed by atoms with van der Waals surface area (Å²) in [7, 11) is 1.92. The van der Waals surface area contributed by atoms with Gasteiger partial charge in [-0.15, -0.1) is 0 Å². The zero-order chi connectivity index (χ0) is 11.5. The van der Waals surface area contributed by atoms with Crippen molar-refractivity contribution in [2.45, 2.75) is 13.5 Å². The molecule has 2 aromatic rings. The molecule has 0 aromatic carbocycles. The fourth-order valence-electron chi connectivity index (χ4n) is 1.44. The molecule has 0 amide bonds. The fourth-order valence-corrected chi connectivity index (χ4v) is 1.93. The predicted octanol–water partition coefficient (Wildman–Crippen LogP) is 1.74. The lowest BCUT2D eigenvalue weighted by molar-refractivity contribution is 0.756. The van der Waals surface area contributed by atoms with Crippen LogP contribution in [0.5, 0.6) is 0 Å². The highest BCUT2D eigenvalue weighted by Crippen LogP contribution is 2.14. The maximum atomic E-state index is 4.29. The predicted molar refractivity (Wildman–Crippen MR) is 70.0 cm³/mol. The highest BCUT2D eigenvalue weighted by Gasteiger charge is 2.04. The van der Waals surface area contributed by atoms with Crippen molar-refractivity contribution in [3.63, 3.8) is 0 Å². The first kappa shape index (κ1) is 11.3. The van der Waals surface area contributed by atoms with Gasteiger partial charge in [-0.25, -0.2) is 9.97 Å². The van der Waals surface area contributed by atoms with Crippen LogP contribution in [0.4, 0.5) is 5.82 Å². The maximum Gasteiger partial charge on any atom is 0.143 e. The number of nitrogens with zero attached hydrogens (tertiary/aromatic N) is 4. The van der Waals surface area contributed by atoms with Gasteiger partial charge in [0, 0.05) is 31.5 Å². The van der Waals surface area contributed by atoms with Crippen LogP contribution in [-0.2, 0) is 13.6 Å². The lowest BCUT2D eigenvalue weighted by Gasteiger charge is -2.05. The summed E-state index contributed by atoms with van der Waals surface area (Å²) in [4.78, 5) is 8.12. The number of aryl methyl sites for hydroxylation is 2. The van der Waals surface area contributed by atoms with Crippen molar-refractivity contribution in [1.82, 2.24) is 19.7 Å².